The number of fused-ring (bicyclic) bond motifs is 1. The van der Waals surface area contributed by atoms with Crippen molar-refractivity contribution in [1.29, 1.82) is 0 Å². The number of piperidine rings is 1. The fourth-order valence-corrected chi connectivity index (χ4v) is 3.84. The topological polar surface area (TPSA) is 89.9 Å². The van der Waals surface area contributed by atoms with Gasteiger partial charge < -0.3 is 4.90 Å². The van der Waals surface area contributed by atoms with Crippen LogP contribution < -0.4 is 4.90 Å². The molecule has 0 aliphatic carbocycles. The van der Waals surface area contributed by atoms with Crippen LogP contribution in [0, 0.1) is 0 Å². The molecule has 0 unspecified atom stereocenters. The average Bonchev–Trinajstić information content (AvgIpc) is 3.43. The Morgan fingerprint density at radius 3 is 2.53 bits per heavy atom. The summed E-state index contributed by atoms with van der Waals surface area (Å²) in [5, 5.41) is 17.9. The van der Waals surface area contributed by atoms with Gasteiger partial charge in [-0.3, -0.25) is 4.98 Å². The summed E-state index contributed by atoms with van der Waals surface area (Å²) in [5.74, 6) is 2.87. The predicted molar refractivity (Wildman–Crippen MR) is 113 cm³/mol. The largest absolute Gasteiger partial charge is 0.355 e. The van der Waals surface area contributed by atoms with E-state index in [0.717, 1.165) is 54.7 Å². The lowest BCUT2D eigenvalue weighted by atomic mass is 9.92. The van der Waals surface area contributed by atoms with Crippen molar-refractivity contribution < 1.29 is 0 Å². The Hall–Kier alpha value is -3.36. The van der Waals surface area contributed by atoms with Crippen molar-refractivity contribution in [3.63, 3.8) is 0 Å². The molecule has 0 spiro atoms. The van der Waals surface area contributed by atoms with Gasteiger partial charge in [0.25, 0.3) is 0 Å². The van der Waals surface area contributed by atoms with E-state index in [4.69, 9.17) is 10.1 Å². The van der Waals surface area contributed by atoms with E-state index in [1.165, 1.54) is 0 Å². The van der Waals surface area contributed by atoms with Gasteiger partial charge in [-0.2, -0.15) is 14.7 Å². The molecule has 1 saturated heterocycles. The van der Waals surface area contributed by atoms with Crippen LogP contribution in [0.25, 0.3) is 11.5 Å². The van der Waals surface area contributed by atoms with Crippen molar-refractivity contribution >= 4 is 11.5 Å². The zero-order valence-corrected chi connectivity index (χ0v) is 17.5. The van der Waals surface area contributed by atoms with Crippen molar-refractivity contribution in [2.45, 2.75) is 44.9 Å². The lowest BCUT2D eigenvalue weighted by Crippen LogP contribution is -2.34. The second-order valence-electron chi connectivity index (χ2n) is 8.74. The normalized spacial score (nSPS) is 15.8. The van der Waals surface area contributed by atoms with Crippen LogP contribution in [0.4, 0.5) is 5.82 Å². The lowest BCUT2D eigenvalue weighted by molar-refractivity contribution is 0.470. The average molecular weight is 403 g/mol. The quantitative estimate of drug-likeness (QED) is 0.519. The Morgan fingerprint density at radius 2 is 1.80 bits per heavy atom. The highest BCUT2D eigenvalue weighted by Gasteiger charge is 2.27. The molecule has 1 aliphatic rings. The predicted octanol–water partition coefficient (Wildman–Crippen LogP) is 2.78. The molecular weight excluding hydrogens is 378 g/mol. The van der Waals surface area contributed by atoms with Crippen LogP contribution in [0.5, 0.6) is 0 Å². The van der Waals surface area contributed by atoms with Crippen LogP contribution in [-0.4, -0.2) is 52.6 Å². The van der Waals surface area contributed by atoms with Gasteiger partial charge in [-0.05, 0) is 31.0 Å². The highest BCUT2D eigenvalue weighted by atomic mass is 15.4. The molecule has 154 valence electrons. The third kappa shape index (κ3) is 3.40. The van der Waals surface area contributed by atoms with Gasteiger partial charge in [0.05, 0.1) is 18.1 Å². The van der Waals surface area contributed by atoms with Gasteiger partial charge in [-0.15, -0.1) is 10.2 Å². The molecule has 0 atom stereocenters. The first-order valence-electron chi connectivity index (χ1n) is 10.3. The molecule has 4 aromatic heterocycles. The molecule has 4 aromatic rings. The minimum atomic E-state index is -0.0165. The molecule has 0 bridgehead atoms. The van der Waals surface area contributed by atoms with Crippen LogP contribution in [0.1, 0.15) is 51.0 Å². The standard InChI is InChI=1S/C21H25N9/c1-21(2,3)16-5-6-17-25-26-20(30(17)27-16)15-7-11-28(12-8-15)18-13-22-14-19(24-18)29-10-4-9-23-29/h4-6,9-10,13-15H,7-8,11-12H2,1-3H3. The minimum absolute atomic E-state index is 0.0165. The van der Waals surface area contributed by atoms with Gasteiger partial charge >= 0.3 is 0 Å². The van der Waals surface area contributed by atoms with E-state index in [2.05, 4.69) is 46.0 Å². The number of rotatable bonds is 3. The van der Waals surface area contributed by atoms with Crippen LogP contribution in [0.15, 0.2) is 43.0 Å². The molecule has 0 saturated carbocycles. The summed E-state index contributed by atoms with van der Waals surface area (Å²) in [5.41, 5.74) is 1.83. The van der Waals surface area contributed by atoms with Crippen molar-refractivity contribution in [2.75, 3.05) is 18.0 Å². The van der Waals surface area contributed by atoms with E-state index in [-0.39, 0.29) is 5.41 Å². The van der Waals surface area contributed by atoms with Crippen molar-refractivity contribution in [2.24, 2.45) is 0 Å². The van der Waals surface area contributed by atoms with Crippen LogP contribution in [0.2, 0.25) is 0 Å². The number of hydrogen-bond donors (Lipinski definition) is 0. The number of anilines is 1. The van der Waals surface area contributed by atoms with Gasteiger partial charge in [0.15, 0.2) is 17.3 Å². The SMILES string of the molecule is CC(C)(C)c1ccc2nnc(C3CCN(c4cncc(-n5cccn5)n4)CC3)n2n1. The van der Waals surface area contributed by atoms with E-state index >= 15 is 0 Å². The third-order valence-electron chi connectivity index (χ3n) is 5.59. The monoisotopic (exact) mass is 403 g/mol. The van der Waals surface area contributed by atoms with Gasteiger partial charge in [0.1, 0.15) is 5.82 Å². The third-order valence-corrected chi connectivity index (χ3v) is 5.59. The Balaban J connectivity index is 1.35. The van der Waals surface area contributed by atoms with Crippen LogP contribution >= 0.6 is 0 Å². The zero-order valence-electron chi connectivity index (χ0n) is 17.5. The summed E-state index contributed by atoms with van der Waals surface area (Å²) < 4.78 is 3.66. The summed E-state index contributed by atoms with van der Waals surface area (Å²) in [7, 11) is 0. The lowest BCUT2D eigenvalue weighted by Gasteiger charge is -2.31. The highest BCUT2D eigenvalue weighted by molar-refractivity contribution is 5.41. The molecule has 9 nitrogen and oxygen atoms in total. The molecule has 1 aliphatic heterocycles. The molecule has 5 rings (SSSR count). The van der Waals surface area contributed by atoms with Gasteiger partial charge in [-0.25, -0.2) is 9.67 Å². The maximum Gasteiger partial charge on any atom is 0.177 e. The Kier molecular flexibility index (Phi) is 4.45. The Bertz CT molecular complexity index is 1150. The van der Waals surface area contributed by atoms with Crippen molar-refractivity contribution in [3.05, 3.63) is 54.5 Å². The van der Waals surface area contributed by atoms with Gasteiger partial charge in [-0.1, -0.05) is 20.8 Å². The number of hydrogen-bond acceptors (Lipinski definition) is 7. The molecule has 0 amide bonds. The number of nitrogens with zero attached hydrogens (tertiary/aromatic N) is 9. The molecule has 5 heterocycles. The summed E-state index contributed by atoms with van der Waals surface area (Å²) in [6, 6.07) is 5.93. The number of aromatic nitrogens is 8. The maximum atomic E-state index is 4.84. The van der Waals surface area contributed by atoms with Gasteiger partial charge in [0.2, 0.25) is 0 Å². The molecule has 0 N–H and O–H groups in total. The molecule has 0 radical (unpaired) electrons. The van der Waals surface area contributed by atoms with E-state index in [1.807, 2.05) is 35.1 Å². The first kappa shape index (κ1) is 18.7. The van der Waals surface area contributed by atoms with Crippen LogP contribution in [0.3, 0.4) is 0 Å². The molecular formula is C21H25N9. The summed E-state index contributed by atoms with van der Waals surface area (Å²) >= 11 is 0. The van der Waals surface area contributed by atoms with Gasteiger partial charge in [0, 0.05) is 36.8 Å². The molecule has 9 heteroatoms. The minimum Gasteiger partial charge on any atom is -0.355 e. The molecule has 30 heavy (non-hydrogen) atoms. The zero-order chi connectivity index (χ0) is 20.7. The molecule has 1 fully saturated rings. The Morgan fingerprint density at radius 1 is 1.00 bits per heavy atom. The molecule has 0 aromatic carbocycles. The van der Waals surface area contributed by atoms with E-state index in [1.54, 1.807) is 17.1 Å². The highest BCUT2D eigenvalue weighted by Crippen LogP contribution is 2.29. The second kappa shape index (κ2) is 7.16. The second-order valence-corrected chi connectivity index (χ2v) is 8.74. The fraction of sp³-hybridized carbons (Fsp3) is 0.429. The van der Waals surface area contributed by atoms with E-state index in [0.29, 0.717) is 5.92 Å². The summed E-state index contributed by atoms with van der Waals surface area (Å²) in [4.78, 5) is 11.4. The van der Waals surface area contributed by atoms with E-state index < -0.39 is 0 Å². The maximum absolute atomic E-state index is 4.84. The van der Waals surface area contributed by atoms with Crippen LogP contribution in [-0.2, 0) is 5.41 Å². The summed E-state index contributed by atoms with van der Waals surface area (Å²) in [6.45, 7) is 8.28. The fourth-order valence-electron chi connectivity index (χ4n) is 3.84. The van der Waals surface area contributed by atoms with Crippen molar-refractivity contribution in [1.82, 2.24) is 39.6 Å². The Labute approximate surface area is 174 Å². The van der Waals surface area contributed by atoms with Crippen molar-refractivity contribution in [3.8, 4) is 5.82 Å². The first-order chi connectivity index (χ1) is 14.5. The smallest absolute Gasteiger partial charge is 0.177 e. The first-order valence-corrected chi connectivity index (χ1v) is 10.3. The van der Waals surface area contributed by atoms with E-state index in [9.17, 15) is 0 Å². The summed E-state index contributed by atoms with van der Waals surface area (Å²) in [6.07, 6.45) is 9.09.